The van der Waals surface area contributed by atoms with Crippen molar-refractivity contribution >= 4 is 5.91 Å². The number of hydrogen-bond donors (Lipinski definition) is 2. The molecule has 0 aromatic carbocycles. The minimum absolute atomic E-state index is 0.00107. The van der Waals surface area contributed by atoms with Gasteiger partial charge in [-0.25, -0.2) is 0 Å². The molecule has 0 aliphatic heterocycles. The lowest BCUT2D eigenvalue weighted by atomic mass is 9.76. The first-order valence-electron chi connectivity index (χ1n) is 7.82. The van der Waals surface area contributed by atoms with Crippen LogP contribution in [0.1, 0.15) is 51.9 Å². The largest absolute Gasteiger partial charge is 0.395 e. The van der Waals surface area contributed by atoms with Crippen molar-refractivity contribution in [3.63, 3.8) is 0 Å². The maximum atomic E-state index is 12.8. The third-order valence-electron chi connectivity index (χ3n) is 4.95. The summed E-state index contributed by atoms with van der Waals surface area (Å²) in [4.78, 5) is 14.8. The van der Waals surface area contributed by atoms with Crippen LogP contribution in [-0.2, 0) is 4.79 Å². The van der Waals surface area contributed by atoms with Crippen LogP contribution < -0.4 is 5.73 Å². The molecule has 2 rings (SSSR count). The zero-order valence-electron chi connectivity index (χ0n) is 12.1. The first-order valence-corrected chi connectivity index (χ1v) is 7.82. The molecule has 1 amide bonds. The molecule has 0 spiro atoms. The number of nitrogens with two attached hydrogens (primary N) is 1. The Labute approximate surface area is 116 Å². The first-order chi connectivity index (χ1) is 9.15. The summed E-state index contributed by atoms with van der Waals surface area (Å²) in [5.41, 5.74) is 6.19. The van der Waals surface area contributed by atoms with Crippen LogP contribution in [0.4, 0.5) is 0 Å². The monoisotopic (exact) mass is 268 g/mol. The van der Waals surface area contributed by atoms with Crippen molar-refractivity contribution in [3.8, 4) is 0 Å². The second kappa shape index (κ2) is 6.71. The van der Waals surface area contributed by atoms with Crippen LogP contribution in [0.25, 0.3) is 0 Å². The summed E-state index contributed by atoms with van der Waals surface area (Å²) >= 11 is 0. The smallest absolute Gasteiger partial charge is 0.227 e. The highest BCUT2D eigenvalue weighted by Gasteiger charge is 2.38. The summed E-state index contributed by atoms with van der Waals surface area (Å²) < 4.78 is 0. The molecule has 0 aromatic heterocycles. The van der Waals surface area contributed by atoms with Crippen LogP contribution in [0.3, 0.4) is 0 Å². The quantitative estimate of drug-likeness (QED) is 0.812. The lowest BCUT2D eigenvalue weighted by Gasteiger charge is -2.39. The van der Waals surface area contributed by atoms with E-state index >= 15 is 0 Å². The van der Waals surface area contributed by atoms with Crippen LogP contribution >= 0.6 is 0 Å². The highest BCUT2D eigenvalue weighted by atomic mass is 16.3. The second-order valence-corrected chi connectivity index (χ2v) is 6.29. The fraction of sp³-hybridized carbons (Fsp3) is 0.933. The van der Waals surface area contributed by atoms with Gasteiger partial charge in [0.25, 0.3) is 0 Å². The summed E-state index contributed by atoms with van der Waals surface area (Å²) in [6.45, 7) is 2.67. The van der Waals surface area contributed by atoms with Gasteiger partial charge in [0.2, 0.25) is 5.91 Å². The van der Waals surface area contributed by atoms with Crippen molar-refractivity contribution in [2.45, 2.75) is 64.0 Å². The molecule has 0 aromatic rings. The lowest BCUT2D eigenvalue weighted by molar-refractivity contribution is -0.142. The Kier molecular flexibility index (Phi) is 5.22. The Hall–Kier alpha value is -0.610. The number of amides is 1. The lowest BCUT2D eigenvalue weighted by Crippen LogP contribution is -2.52. The normalized spacial score (nSPS) is 32.5. The van der Waals surface area contributed by atoms with Gasteiger partial charge in [-0.1, -0.05) is 26.2 Å². The van der Waals surface area contributed by atoms with Gasteiger partial charge >= 0.3 is 0 Å². The fourth-order valence-corrected chi connectivity index (χ4v) is 3.87. The molecule has 2 fully saturated rings. The standard InChI is InChI=1S/C15H28N2O2/c1-11-5-4-8-13(16)14(11)15(19)17(9-10-18)12-6-2-3-7-12/h11-14,18H,2-10,16H2,1H3. The predicted octanol–water partition coefficient (Wildman–Crippen LogP) is 1.51. The average Bonchev–Trinajstić information content (AvgIpc) is 2.89. The van der Waals surface area contributed by atoms with E-state index in [9.17, 15) is 9.90 Å². The molecule has 3 N–H and O–H groups in total. The summed E-state index contributed by atoms with van der Waals surface area (Å²) in [5, 5.41) is 9.25. The van der Waals surface area contributed by atoms with E-state index in [0.29, 0.717) is 18.5 Å². The molecule has 4 nitrogen and oxygen atoms in total. The number of rotatable bonds is 4. The summed E-state index contributed by atoms with van der Waals surface area (Å²) in [5.74, 6) is 0.528. The Bertz CT molecular complexity index is 293. The summed E-state index contributed by atoms with van der Waals surface area (Å²) in [7, 11) is 0. The Balaban J connectivity index is 2.08. The van der Waals surface area contributed by atoms with Crippen LogP contribution in [0, 0.1) is 11.8 Å². The highest BCUT2D eigenvalue weighted by Crippen LogP contribution is 2.32. The van der Waals surface area contributed by atoms with Crippen molar-refractivity contribution in [3.05, 3.63) is 0 Å². The second-order valence-electron chi connectivity index (χ2n) is 6.29. The first kappa shape index (κ1) is 14.8. The van der Waals surface area contributed by atoms with Crippen molar-refractivity contribution in [2.24, 2.45) is 17.6 Å². The molecule has 2 aliphatic carbocycles. The molecule has 0 heterocycles. The van der Waals surface area contributed by atoms with E-state index in [1.54, 1.807) is 0 Å². The zero-order chi connectivity index (χ0) is 13.8. The molecule has 3 unspecified atom stereocenters. The maximum absolute atomic E-state index is 12.8. The van der Waals surface area contributed by atoms with Crippen LogP contribution in [0.5, 0.6) is 0 Å². The maximum Gasteiger partial charge on any atom is 0.227 e. The number of nitrogens with zero attached hydrogens (tertiary/aromatic N) is 1. The van der Waals surface area contributed by atoms with Gasteiger partial charge < -0.3 is 15.7 Å². The fourth-order valence-electron chi connectivity index (χ4n) is 3.87. The third-order valence-corrected chi connectivity index (χ3v) is 4.95. The molecular formula is C15H28N2O2. The van der Waals surface area contributed by atoms with Crippen LogP contribution in [-0.4, -0.2) is 41.1 Å². The molecule has 0 saturated heterocycles. The molecule has 110 valence electrons. The van der Waals surface area contributed by atoms with E-state index in [1.807, 2.05) is 4.90 Å². The Morgan fingerprint density at radius 1 is 1.21 bits per heavy atom. The average molecular weight is 268 g/mol. The van der Waals surface area contributed by atoms with E-state index < -0.39 is 0 Å². The molecular weight excluding hydrogens is 240 g/mol. The number of carbonyl (C=O) groups is 1. The topological polar surface area (TPSA) is 66.6 Å². The van der Waals surface area contributed by atoms with Crippen molar-refractivity contribution < 1.29 is 9.90 Å². The molecule has 2 aliphatic rings. The van der Waals surface area contributed by atoms with Gasteiger partial charge in [-0.3, -0.25) is 4.79 Å². The van der Waals surface area contributed by atoms with E-state index in [-0.39, 0.29) is 24.5 Å². The van der Waals surface area contributed by atoms with Gasteiger partial charge in [0, 0.05) is 18.6 Å². The van der Waals surface area contributed by atoms with Crippen molar-refractivity contribution in [2.75, 3.05) is 13.2 Å². The van der Waals surface area contributed by atoms with Crippen molar-refractivity contribution in [1.29, 1.82) is 0 Å². The zero-order valence-corrected chi connectivity index (χ0v) is 12.1. The molecule has 0 bridgehead atoms. The van der Waals surface area contributed by atoms with Gasteiger partial charge in [0.15, 0.2) is 0 Å². The SMILES string of the molecule is CC1CCCC(N)C1C(=O)N(CCO)C1CCCC1. The third kappa shape index (κ3) is 3.29. The summed E-state index contributed by atoms with van der Waals surface area (Å²) in [6.07, 6.45) is 7.76. The minimum atomic E-state index is -0.0408. The molecule has 4 heteroatoms. The highest BCUT2D eigenvalue weighted by molar-refractivity contribution is 5.80. The van der Waals surface area contributed by atoms with Gasteiger partial charge in [-0.2, -0.15) is 0 Å². The van der Waals surface area contributed by atoms with Gasteiger partial charge in [0.05, 0.1) is 12.5 Å². The number of hydrogen-bond acceptors (Lipinski definition) is 3. The number of carbonyl (C=O) groups excluding carboxylic acids is 1. The van der Waals surface area contributed by atoms with Crippen molar-refractivity contribution in [1.82, 2.24) is 4.90 Å². The van der Waals surface area contributed by atoms with E-state index in [0.717, 1.165) is 32.1 Å². The van der Waals surface area contributed by atoms with Crippen LogP contribution in [0.2, 0.25) is 0 Å². The Morgan fingerprint density at radius 3 is 2.47 bits per heavy atom. The summed E-state index contributed by atoms with van der Waals surface area (Å²) in [6, 6.07) is 0.333. The molecule has 2 saturated carbocycles. The predicted molar refractivity (Wildman–Crippen MR) is 75.5 cm³/mol. The van der Waals surface area contributed by atoms with E-state index in [2.05, 4.69) is 6.92 Å². The van der Waals surface area contributed by atoms with E-state index in [4.69, 9.17) is 5.73 Å². The van der Waals surface area contributed by atoms with Gasteiger partial charge in [-0.05, 0) is 31.6 Å². The van der Waals surface area contributed by atoms with Crippen LogP contribution in [0.15, 0.2) is 0 Å². The molecule has 0 radical (unpaired) electrons. The molecule has 19 heavy (non-hydrogen) atoms. The van der Waals surface area contributed by atoms with Gasteiger partial charge in [-0.15, -0.1) is 0 Å². The van der Waals surface area contributed by atoms with E-state index in [1.165, 1.54) is 12.8 Å². The Morgan fingerprint density at radius 2 is 1.89 bits per heavy atom. The molecule has 3 atom stereocenters. The van der Waals surface area contributed by atoms with Gasteiger partial charge in [0.1, 0.15) is 0 Å². The number of aliphatic hydroxyl groups excluding tert-OH is 1. The number of aliphatic hydroxyl groups is 1. The minimum Gasteiger partial charge on any atom is -0.395 e.